The van der Waals surface area contributed by atoms with Crippen molar-refractivity contribution in [3.63, 3.8) is 0 Å². The Morgan fingerprint density at radius 2 is 1.75 bits per heavy atom. The lowest BCUT2D eigenvalue weighted by Crippen LogP contribution is -2.29. The van der Waals surface area contributed by atoms with Gasteiger partial charge in [0.1, 0.15) is 5.82 Å². The van der Waals surface area contributed by atoms with Crippen LogP contribution in [-0.4, -0.2) is 29.2 Å². The summed E-state index contributed by atoms with van der Waals surface area (Å²) in [5.74, 6) is 1.41. The average Bonchev–Trinajstić information content (AvgIpc) is 3.16. The number of aromatic nitrogens is 2. The van der Waals surface area contributed by atoms with E-state index in [2.05, 4.69) is 51.7 Å². The molecule has 0 bridgehead atoms. The van der Waals surface area contributed by atoms with Gasteiger partial charge in [-0.2, -0.15) is 0 Å². The van der Waals surface area contributed by atoms with Gasteiger partial charge in [-0.3, -0.25) is 0 Å². The number of imidazole rings is 1. The summed E-state index contributed by atoms with van der Waals surface area (Å²) in [6, 6.07) is 18.7. The van der Waals surface area contributed by atoms with E-state index in [9.17, 15) is 4.79 Å². The summed E-state index contributed by atoms with van der Waals surface area (Å²) in [5.41, 5.74) is 4.46. The zero-order valence-corrected chi connectivity index (χ0v) is 15.9. The van der Waals surface area contributed by atoms with E-state index >= 15 is 0 Å². The van der Waals surface area contributed by atoms with Gasteiger partial charge in [-0.25, -0.2) is 9.78 Å². The van der Waals surface area contributed by atoms with E-state index in [-0.39, 0.29) is 6.09 Å². The smallest absolute Gasteiger partial charge is 0.407 e. The molecule has 1 saturated carbocycles. The fourth-order valence-electron chi connectivity index (χ4n) is 3.30. The molecule has 1 aliphatic carbocycles. The third-order valence-electron chi connectivity index (χ3n) is 5.24. The predicted molar refractivity (Wildman–Crippen MR) is 110 cm³/mol. The average molecular weight is 375 g/mol. The first-order chi connectivity index (χ1) is 13.8. The molecule has 5 nitrogen and oxygen atoms in total. The number of hydrogen-bond acceptors (Lipinski definition) is 3. The molecule has 2 N–H and O–H groups in total. The summed E-state index contributed by atoms with van der Waals surface area (Å²) >= 11 is 0. The SMILES string of the molecule is O=C(NCCc1ncc(-c2ccc(-c3ccccc3)cc2)[nH]1)OCC1CCC1. The Morgan fingerprint density at radius 1 is 1.04 bits per heavy atom. The molecule has 3 aromatic rings. The molecule has 0 atom stereocenters. The van der Waals surface area contributed by atoms with Crippen LogP contribution in [0.15, 0.2) is 60.8 Å². The molecule has 1 heterocycles. The number of rotatable bonds is 7. The van der Waals surface area contributed by atoms with Gasteiger partial charge in [0.05, 0.1) is 18.5 Å². The van der Waals surface area contributed by atoms with Gasteiger partial charge in [0.15, 0.2) is 0 Å². The van der Waals surface area contributed by atoms with Crippen LogP contribution in [0.2, 0.25) is 0 Å². The van der Waals surface area contributed by atoms with Crippen molar-refractivity contribution in [1.29, 1.82) is 0 Å². The van der Waals surface area contributed by atoms with Crippen molar-refractivity contribution < 1.29 is 9.53 Å². The van der Waals surface area contributed by atoms with Gasteiger partial charge in [0, 0.05) is 13.0 Å². The standard InChI is InChI=1S/C23H25N3O2/c27-23(28-16-17-5-4-6-17)24-14-13-22-25-15-21(26-22)20-11-9-19(10-12-20)18-7-2-1-3-8-18/h1-3,7-12,15,17H,4-6,13-14,16H2,(H,24,27)(H,25,26). The van der Waals surface area contributed by atoms with Crippen LogP contribution in [0.1, 0.15) is 25.1 Å². The zero-order valence-electron chi connectivity index (χ0n) is 15.9. The molecule has 1 fully saturated rings. The van der Waals surface area contributed by atoms with Gasteiger partial charge in [0.2, 0.25) is 0 Å². The van der Waals surface area contributed by atoms with E-state index in [4.69, 9.17) is 4.74 Å². The first-order valence-corrected chi connectivity index (χ1v) is 9.88. The third kappa shape index (κ3) is 4.60. The van der Waals surface area contributed by atoms with Crippen molar-refractivity contribution in [1.82, 2.24) is 15.3 Å². The van der Waals surface area contributed by atoms with Gasteiger partial charge in [-0.1, -0.05) is 61.0 Å². The summed E-state index contributed by atoms with van der Waals surface area (Å²) in [5, 5.41) is 2.79. The van der Waals surface area contributed by atoms with E-state index in [1.807, 2.05) is 24.4 Å². The number of amides is 1. The Kier molecular flexibility index (Phi) is 5.71. The van der Waals surface area contributed by atoms with Crippen LogP contribution < -0.4 is 5.32 Å². The summed E-state index contributed by atoms with van der Waals surface area (Å²) in [4.78, 5) is 19.4. The summed E-state index contributed by atoms with van der Waals surface area (Å²) < 4.78 is 5.23. The molecular formula is C23H25N3O2. The normalized spacial score (nSPS) is 13.7. The maximum absolute atomic E-state index is 11.7. The van der Waals surface area contributed by atoms with Gasteiger partial charge >= 0.3 is 6.09 Å². The highest BCUT2D eigenvalue weighted by Crippen LogP contribution is 2.26. The highest BCUT2D eigenvalue weighted by Gasteiger charge is 2.19. The van der Waals surface area contributed by atoms with Crippen LogP contribution in [0.25, 0.3) is 22.4 Å². The minimum atomic E-state index is -0.338. The Balaban J connectivity index is 1.27. The van der Waals surface area contributed by atoms with Gasteiger partial charge in [-0.15, -0.1) is 0 Å². The number of nitrogens with zero attached hydrogens (tertiary/aromatic N) is 1. The Hall–Kier alpha value is -3.08. The maximum atomic E-state index is 11.7. The van der Waals surface area contributed by atoms with E-state index in [0.29, 0.717) is 25.5 Å². The molecule has 0 unspecified atom stereocenters. The number of nitrogens with one attached hydrogen (secondary N) is 2. The number of benzene rings is 2. The molecule has 0 saturated heterocycles. The summed E-state index contributed by atoms with van der Waals surface area (Å²) in [7, 11) is 0. The number of carbonyl (C=O) groups is 1. The van der Waals surface area contributed by atoms with Crippen molar-refractivity contribution in [2.75, 3.05) is 13.2 Å². The van der Waals surface area contributed by atoms with Crippen molar-refractivity contribution in [2.45, 2.75) is 25.7 Å². The first-order valence-electron chi connectivity index (χ1n) is 9.88. The van der Waals surface area contributed by atoms with E-state index in [0.717, 1.165) is 17.1 Å². The maximum Gasteiger partial charge on any atom is 0.407 e. The lowest BCUT2D eigenvalue weighted by molar-refractivity contribution is 0.104. The number of carbonyl (C=O) groups excluding carboxylic acids is 1. The van der Waals surface area contributed by atoms with E-state index < -0.39 is 0 Å². The summed E-state index contributed by atoms with van der Waals surface area (Å²) in [6.45, 7) is 1.04. The largest absolute Gasteiger partial charge is 0.449 e. The topological polar surface area (TPSA) is 67.0 Å². The highest BCUT2D eigenvalue weighted by molar-refractivity contribution is 5.68. The lowest BCUT2D eigenvalue weighted by atomic mass is 9.86. The predicted octanol–water partition coefficient (Wildman–Crippen LogP) is 4.81. The molecule has 4 rings (SSSR count). The fourth-order valence-corrected chi connectivity index (χ4v) is 3.30. The molecule has 0 radical (unpaired) electrons. The zero-order chi connectivity index (χ0) is 19.2. The summed E-state index contributed by atoms with van der Waals surface area (Å²) in [6.07, 6.45) is 5.74. The Morgan fingerprint density at radius 3 is 2.46 bits per heavy atom. The highest BCUT2D eigenvalue weighted by atomic mass is 16.5. The van der Waals surface area contributed by atoms with Crippen LogP contribution in [0.5, 0.6) is 0 Å². The van der Waals surface area contributed by atoms with Crippen LogP contribution in [0.4, 0.5) is 4.79 Å². The minimum Gasteiger partial charge on any atom is -0.449 e. The number of alkyl carbamates (subject to hydrolysis) is 1. The molecule has 1 aromatic heterocycles. The van der Waals surface area contributed by atoms with Gasteiger partial charge in [0.25, 0.3) is 0 Å². The molecule has 2 aromatic carbocycles. The molecule has 1 amide bonds. The fraction of sp³-hybridized carbons (Fsp3) is 0.304. The Labute approximate surface area is 165 Å². The first kappa shape index (κ1) is 18.3. The van der Waals surface area contributed by atoms with E-state index in [1.165, 1.54) is 30.4 Å². The Bertz CT molecular complexity index is 899. The second-order valence-electron chi connectivity index (χ2n) is 7.26. The second kappa shape index (κ2) is 8.74. The number of ether oxygens (including phenoxy) is 1. The van der Waals surface area contributed by atoms with Crippen LogP contribution in [0.3, 0.4) is 0 Å². The van der Waals surface area contributed by atoms with Crippen molar-refractivity contribution in [3.8, 4) is 22.4 Å². The van der Waals surface area contributed by atoms with Gasteiger partial charge in [-0.05, 0) is 35.4 Å². The van der Waals surface area contributed by atoms with E-state index in [1.54, 1.807) is 0 Å². The van der Waals surface area contributed by atoms with Crippen LogP contribution >= 0.6 is 0 Å². The van der Waals surface area contributed by atoms with Gasteiger partial charge < -0.3 is 15.0 Å². The molecule has 0 spiro atoms. The number of H-pyrrole nitrogens is 1. The van der Waals surface area contributed by atoms with Crippen LogP contribution in [-0.2, 0) is 11.2 Å². The van der Waals surface area contributed by atoms with Crippen molar-refractivity contribution in [3.05, 3.63) is 66.6 Å². The number of aromatic amines is 1. The number of hydrogen-bond donors (Lipinski definition) is 2. The van der Waals surface area contributed by atoms with Crippen molar-refractivity contribution in [2.24, 2.45) is 5.92 Å². The molecule has 28 heavy (non-hydrogen) atoms. The van der Waals surface area contributed by atoms with Crippen LogP contribution in [0, 0.1) is 5.92 Å². The second-order valence-corrected chi connectivity index (χ2v) is 7.26. The quantitative estimate of drug-likeness (QED) is 0.622. The molecule has 144 valence electrons. The molecule has 0 aliphatic heterocycles. The third-order valence-corrected chi connectivity index (χ3v) is 5.24. The molecule has 1 aliphatic rings. The van der Waals surface area contributed by atoms with Crippen molar-refractivity contribution >= 4 is 6.09 Å². The monoisotopic (exact) mass is 375 g/mol. The minimum absolute atomic E-state index is 0.338. The molecule has 5 heteroatoms. The molecular weight excluding hydrogens is 350 g/mol. The lowest BCUT2D eigenvalue weighted by Gasteiger charge is -2.24.